The number of thiazole rings is 1. The van der Waals surface area contributed by atoms with Crippen LogP contribution in [0.3, 0.4) is 0 Å². The molecular formula is C25H25N5O2S. The molecule has 2 amide bonds. The Morgan fingerprint density at radius 2 is 1.88 bits per heavy atom. The van der Waals surface area contributed by atoms with E-state index in [2.05, 4.69) is 25.2 Å². The number of benzene rings is 2. The molecule has 4 aromatic rings. The molecule has 8 heteroatoms. The van der Waals surface area contributed by atoms with Gasteiger partial charge in [0.05, 0.1) is 34.1 Å². The van der Waals surface area contributed by atoms with Crippen LogP contribution in [0.2, 0.25) is 0 Å². The zero-order valence-electron chi connectivity index (χ0n) is 18.2. The van der Waals surface area contributed by atoms with Crippen LogP contribution in [0, 0.1) is 0 Å². The predicted octanol–water partition coefficient (Wildman–Crippen LogP) is 4.83. The third-order valence-electron chi connectivity index (χ3n) is 6.08. The minimum atomic E-state index is -0.222. The van der Waals surface area contributed by atoms with E-state index in [1.54, 1.807) is 35.0 Å². The van der Waals surface area contributed by atoms with Crippen LogP contribution in [0.25, 0.3) is 11.0 Å². The van der Waals surface area contributed by atoms with Gasteiger partial charge in [-0.3, -0.25) is 9.59 Å². The molecule has 0 radical (unpaired) electrons. The maximum absolute atomic E-state index is 13.3. The topological polar surface area (TPSA) is 88.9 Å². The van der Waals surface area contributed by atoms with Gasteiger partial charge in [-0.25, -0.2) is 9.97 Å². The Bertz CT molecular complexity index is 1260. The molecule has 0 bridgehead atoms. The minimum absolute atomic E-state index is 0.175. The summed E-state index contributed by atoms with van der Waals surface area (Å²) in [5.41, 5.74) is 5.92. The van der Waals surface area contributed by atoms with Gasteiger partial charge in [-0.1, -0.05) is 31.0 Å². The highest BCUT2D eigenvalue weighted by Crippen LogP contribution is 2.34. The average molecular weight is 460 g/mol. The molecule has 1 fully saturated rings. The first kappa shape index (κ1) is 21.3. The second kappa shape index (κ2) is 9.54. The summed E-state index contributed by atoms with van der Waals surface area (Å²) < 4.78 is 2.14. The molecule has 168 valence electrons. The van der Waals surface area contributed by atoms with Gasteiger partial charge in [-0.05, 0) is 37.1 Å². The molecule has 5 rings (SSSR count). The van der Waals surface area contributed by atoms with E-state index >= 15 is 0 Å². The standard InChI is InChI=1S/C25H25N5O2S/c31-24(17-6-2-1-3-7-17)29-19-12-21(25(32)26-11-10-18-14-33-16-28-18)23-22(13-19)27-15-30(23)20-8-4-5-9-20/h1-3,6-7,12-16,20H,4-5,8-11H2,(H,26,32)(H,29,31). The Balaban J connectivity index is 1.45. The largest absolute Gasteiger partial charge is 0.352 e. The molecule has 0 atom stereocenters. The molecule has 0 unspecified atom stereocenters. The van der Waals surface area contributed by atoms with E-state index in [-0.39, 0.29) is 11.8 Å². The summed E-state index contributed by atoms with van der Waals surface area (Å²) in [4.78, 5) is 34.8. The predicted molar refractivity (Wildman–Crippen MR) is 130 cm³/mol. The first-order valence-electron chi connectivity index (χ1n) is 11.2. The second-order valence-corrected chi connectivity index (χ2v) is 9.01. The van der Waals surface area contributed by atoms with Crippen molar-refractivity contribution in [1.29, 1.82) is 0 Å². The van der Waals surface area contributed by atoms with E-state index in [1.165, 1.54) is 12.8 Å². The van der Waals surface area contributed by atoms with Crippen molar-refractivity contribution in [3.05, 3.63) is 76.5 Å². The summed E-state index contributed by atoms with van der Waals surface area (Å²) in [5.74, 6) is -0.397. The molecule has 0 saturated heterocycles. The van der Waals surface area contributed by atoms with Crippen LogP contribution in [-0.2, 0) is 6.42 Å². The minimum Gasteiger partial charge on any atom is -0.352 e. The van der Waals surface area contributed by atoms with Crippen LogP contribution in [0.5, 0.6) is 0 Å². The molecule has 7 nitrogen and oxygen atoms in total. The first-order chi connectivity index (χ1) is 16.2. The van der Waals surface area contributed by atoms with Crippen molar-refractivity contribution >= 4 is 39.9 Å². The van der Waals surface area contributed by atoms with Crippen molar-refractivity contribution in [3.8, 4) is 0 Å². The highest BCUT2D eigenvalue weighted by molar-refractivity contribution is 7.07. The van der Waals surface area contributed by atoms with Gasteiger partial charge in [0.1, 0.15) is 0 Å². The van der Waals surface area contributed by atoms with Crippen LogP contribution in [0.15, 0.2) is 59.7 Å². The average Bonchev–Trinajstić information content (AvgIpc) is 3.60. The number of nitrogens with zero attached hydrogens (tertiary/aromatic N) is 3. The monoisotopic (exact) mass is 459 g/mol. The fourth-order valence-electron chi connectivity index (χ4n) is 4.43. The van der Waals surface area contributed by atoms with E-state index in [0.29, 0.717) is 41.3 Å². The maximum atomic E-state index is 13.3. The number of aromatic nitrogens is 3. The summed E-state index contributed by atoms with van der Waals surface area (Å²) in [6.45, 7) is 0.488. The molecule has 33 heavy (non-hydrogen) atoms. The number of amides is 2. The lowest BCUT2D eigenvalue weighted by molar-refractivity contribution is 0.0953. The Labute approximate surface area is 195 Å². The van der Waals surface area contributed by atoms with Crippen LogP contribution < -0.4 is 10.6 Å². The lowest BCUT2D eigenvalue weighted by Gasteiger charge is -2.16. The third kappa shape index (κ3) is 4.66. The number of imidazole rings is 1. The van der Waals surface area contributed by atoms with Crippen molar-refractivity contribution in [3.63, 3.8) is 0 Å². The zero-order valence-corrected chi connectivity index (χ0v) is 19.0. The van der Waals surface area contributed by atoms with Gasteiger partial charge in [0.25, 0.3) is 11.8 Å². The molecular weight excluding hydrogens is 434 g/mol. The van der Waals surface area contributed by atoms with E-state index in [9.17, 15) is 9.59 Å². The number of fused-ring (bicyclic) bond motifs is 1. The van der Waals surface area contributed by atoms with Gasteiger partial charge in [0, 0.05) is 35.6 Å². The number of nitrogens with one attached hydrogen (secondary N) is 2. The lowest BCUT2D eigenvalue weighted by atomic mass is 10.1. The van der Waals surface area contributed by atoms with Gasteiger partial charge in [0.15, 0.2) is 0 Å². The van der Waals surface area contributed by atoms with Crippen LogP contribution >= 0.6 is 11.3 Å². The molecule has 1 aliphatic carbocycles. The fraction of sp³-hybridized carbons (Fsp3) is 0.280. The molecule has 1 aliphatic rings. The Hall–Kier alpha value is -3.52. The Kier molecular flexibility index (Phi) is 6.17. The summed E-state index contributed by atoms with van der Waals surface area (Å²) in [6, 6.07) is 13.0. The van der Waals surface area contributed by atoms with E-state index < -0.39 is 0 Å². The number of carbonyl (C=O) groups excluding carboxylic acids is 2. The van der Waals surface area contributed by atoms with Crippen molar-refractivity contribution in [2.24, 2.45) is 0 Å². The van der Waals surface area contributed by atoms with Gasteiger partial charge in [-0.2, -0.15) is 0 Å². The highest BCUT2D eigenvalue weighted by atomic mass is 32.1. The zero-order chi connectivity index (χ0) is 22.6. The van der Waals surface area contributed by atoms with Crippen molar-refractivity contribution < 1.29 is 9.59 Å². The number of hydrogen-bond donors (Lipinski definition) is 2. The Morgan fingerprint density at radius 1 is 1.06 bits per heavy atom. The van der Waals surface area contributed by atoms with Gasteiger partial charge in [0.2, 0.25) is 0 Å². The SMILES string of the molecule is O=C(Nc1cc(C(=O)NCCc2cscn2)c2c(c1)ncn2C1CCCC1)c1ccccc1. The second-order valence-electron chi connectivity index (χ2n) is 8.29. The third-order valence-corrected chi connectivity index (χ3v) is 6.71. The van der Waals surface area contributed by atoms with Crippen LogP contribution in [0.1, 0.15) is 58.1 Å². The van der Waals surface area contributed by atoms with E-state index in [4.69, 9.17) is 0 Å². The van der Waals surface area contributed by atoms with Crippen molar-refractivity contribution in [2.75, 3.05) is 11.9 Å². The van der Waals surface area contributed by atoms with Gasteiger partial charge in [-0.15, -0.1) is 11.3 Å². The molecule has 0 spiro atoms. The van der Waals surface area contributed by atoms with Crippen LogP contribution in [-0.4, -0.2) is 32.9 Å². The number of hydrogen-bond acceptors (Lipinski definition) is 5. The summed E-state index contributed by atoms with van der Waals surface area (Å²) in [5, 5.41) is 7.93. The molecule has 0 aliphatic heterocycles. The lowest BCUT2D eigenvalue weighted by Crippen LogP contribution is -2.26. The molecule has 2 N–H and O–H groups in total. The number of rotatable bonds is 7. The summed E-state index contributed by atoms with van der Waals surface area (Å²) in [7, 11) is 0. The summed E-state index contributed by atoms with van der Waals surface area (Å²) in [6.07, 6.45) is 7.04. The van der Waals surface area contributed by atoms with Crippen molar-refractivity contribution in [2.45, 2.75) is 38.1 Å². The van der Waals surface area contributed by atoms with Crippen molar-refractivity contribution in [1.82, 2.24) is 19.9 Å². The summed E-state index contributed by atoms with van der Waals surface area (Å²) >= 11 is 1.54. The Morgan fingerprint density at radius 3 is 2.64 bits per heavy atom. The molecule has 2 heterocycles. The van der Waals surface area contributed by atoms with E-state index in [1.807, 2.05) is 36.0 Å². The maximum Gasteiger partial charge on any atom is 0.255 e. The number of anilines is 1. The van der Waals surface area contributed by atoms with Gasteiger partial charge >= 0.3 is 0 Å². The van der Waals surface area contributed by atoms with E-state index in [0.717, 1.165) is 24.1 Å². The molecule has 2 aromatic carbocycles. The fourth-order valence-corrected chi connectivity index (χ4v) is 5.02. The van der Waals surface area contributed by atoms with Gasteiger partial charge < -0.3 is 15.2 Å². The quantitative estimate of drug-likeness (QED) is 0.414. The molecule has 1 saturated carbocycles. The smallest absolute Gasteiger partial charge is 0.255 e. The number of carbonyl (C=O) groups is 2. The van der Waals surface area contributed by atoms with Crippen LogP contribution in [0.4, 0.5) is 5.69 Å². The molecule has 2 aromatic heterocycles. The first-order valence-corrected chi connectivity index (χ1v) is 12.2. The normalized spacial score (nSPS) is 13.9. The highest BCUT2D eigenvalue weighted by Gasteiger charge is 2.23.